The summed E-state index contributed by atoms with van der Waals surface area (Å²) < 4.78 is 0. The van der Waals surface area contributed by atoms with Crippen LogP contribution in [0.2, 0.25) is 0 Å². The van der Waals surface area contributed by atoms with Crippen LogP contribution in [-0.2, 0) is 4.79 Å². The lowest BCUT2D eigenvalue weighted by molar-refractivity contribution is -0.152. The number of urea groups is 1. The van der Waals surface area contributed by atoms with E-state index in [-0.39, 0.29) is 12.6 Å². The minimum atomic E-state index is -0.808. The Labute approximate surface area is 118 Å². The van der Waals surface area contributed by atoms with Gasteiger partial charge in [-0.1, -0.05) is 25.1 Å². The maximum atomic E-state index is 12.2. The molecule has 20 heavy (non-hydrogen) atoms. The number of benzene rings is 1. The van der Waals surface area contributed by atoms with Crippen molar-refractivity contribution in [2.45, 2.75) is 26.2 Å². The Balaban J connectivity index is 2.05. The van der Waals surface area contributed by atoms with E-state index in [9.17, 15) is 14.7 Å². The van der Waals surface area contributed by atoms with Crippen LogP contribution < -0.4 is 5.32 Å². The first kappa shape index (κ1) is 14.4. The molecule has 0 aliphatic carbocycles. The number of para-hydroxylation sites is 1. The van der Waals surface area contributed by atoms with Crippen LogP contribution in [0.4, 0.5) is 10.5 Å². The first-order valence-corrected chi connectivity index (χ1v) is 6.92. The molecule has 2 amide bonds. The van der Waals surface area contributed by atoms with Gasteiger partial charge in [-0.15, -0.1) is 0 Å². The van der Waals surface area contributed by atoms with Crippen LogP contribution in [0.1, 0.15) is 26.2 Å². The van der Waals surface area contributed by atoms with Crippen LogP contribution in [0.3, 0.4) is 0 Å². The second kappa shape index (κ2) is 5.94. The fourth-order valence-corrected chi connectivity index (χ4v) is 2.64. The number of likely N-dealkylation sites (tertiary alicyclic amines) is 1. The molecule has 1 aromatic rings. The van der Waals surface area contributed by atoms with E-state index >= 15 is 0 Å². The van der Waals surface area contributed by atoms with Gasteiger partial charge in [0.1, 0.15) is 0 Å². The molecule has 5 heteroatoms. The van der Waals surface area contributed by atoms with Gasteiger partial charge in [0.15, 0.2) is 0 Å². The minimum absolute atomic E-state index is 0.227. The van der Waals surface area contributed by atoms with Crippen molar-refractivity contribution in [3.05, 3.63) is 30.3 Å². The molecule has 5 nitrogen and oxygen atoms in total. The SMILES string of the molecule is CCC1(C(=O)O)CCCN(C(=O)Nc2ccccc2)C1. The highest BCUT2D eigenvalue weighted by Gasteiger charge is 2.42. The Morgan fingerprint density at radius 1 is 1.35 bits per heavy atom. The summed E-state index contributed by atoms with van der Waals surface area (Å²) in [5.41, 5.74) is -0.0766. The minimum Gasteiger partial charge on any atom is -0.481 e. The molecule has 1 aliphatic heterocycles. The summed E-state index contributed by atoms with van der Waals surface area (Å²) >= 11 is 0. The number of carbonyl (C=O) groups is 2. The van der Waals surface area contributed by atoms with Crippen molar-refractivity contribution in [3.8, 4) is 0 Å². The third kappa shape index (κ3) is 2.92. The topological polar surface area (TPSA) is 69.6 Å². The summed E-state index contributed by atoms with van der Waals surface area (Å²) in [6, 6.07) is 8.97. The zero-order valence-corrected chi connectivity index (χ0v) is 11.6. The molecule has 0 radical (unpaired) electrons. The number of aliphatic carboxylic acids is 1. The van der Waals surface area contributed by atoms with Crippen molar-refractivity contribution in [3.63, 3.8) is 0 Å². The van der Waals surface area contributed by atoms with Crippen LogP contribution in [0, 0.1) is 5.41 Å². The van der Waals surface area contributed by atoms with Gasteiger partial charge < -0.3 is 15.3 Å². The quantitative estimate of drug-likeness (QED) is 0.891. The van der Waals surface area contributed by atoms with Gasteiger partial charge in [-0.05, 0) is 31.4 Å². The second-order valence-corrected chi connectivity index (χ2v) is 5.26. The van der Waals surface area contributed by atoms with E-state index in [0.717, 1.165) is 12.1 Å². The third-order valence-electron chi connectivity index (χ3n) is 4.02. The number of carbonyl (C=O) groups excluding carboxylic acids is 1. The molecule has 1 unspecified atom stereocenters. The van der Waals surface area contributed by atoms with E-state index in [1.165, 1.54) is 0 Å². The first-order valence-electron chi connectivity index (χ1n) is 6.92. The molecule has 0 saturated carbocycles. The van der Waals surface area contributed by atoms with E-state index in [1.54, 1.807) is 4.90 Å². The lowest BCUT2D eigenvalue weighted by Gasteiger charge is -2.39. The van der Waals surface area contributed by atoms with Crippen molar-refractivity contribution in [2.75, 3.05) is 18.4 Å². The molecule has 1 atom stereocenters. The smallest absolute Gasteiger partial charge is 0.321 e. The van der Waals surface area contributed by atoms with Crippen LogP contribution >= 0.6 is 0 Å². The molecule has 0 bridgehead atoms. The number of piperidine rings is 1. The fourth-order valence-electron chi connectivity index (χ4n) is 2.64. The molecule has 0 aromatic heterocycles. The first-order chi connectivity index (χ1) is 9.57. The number of rotatable bonds is 3. The van der Waals surface area contributed by atoms with E-state index in [0.29, 0.717) is 19.4 Å². The van der Waals surface area contributed by atoms with Crippen LogP contribution in [0.5, 0.6) is 0 Å². The molecule has 1 fully saturated rings. The Bertz CT molecular complexity index is 489. The van der Waals surface area contributed by atoms with Crippen LogP contribution in [-0.4, -0.2) is 35.1 Å². The van der Waals surface area contributed by atoms with Gasteiger partial charge in [0.05, 0.1) is 5.41 Å². The van der Waals surface area contributed by atoms with Gasteiger partial charge in [0, 0.05) is 18.8 Å². The molecule has 1 saturated heterocycles. The molecule has 1 aromatic carbocycles. The number of anilines is 1. The zero-order valence-electron chi connectivity index (χ0n) is 11.6. The van der Waals surface area contributed by atoms with Gasteiger partial charge in [-0.25, -0.2) is 4.79 Å². The maximum absolute atomic E-state index is 12.2. The molecule has 1 aliphatic rings. The Morgan fingerprint density at radius 2 is 2.05 bits per heavy atom. The van der Waals surface area contributed by atoms with Gasteiger partial charge in [-0.2, -0.15) is 0 Å². The molecular weight excluding hydrogens is 256 g/mol. The van der Waals surface area contributed by atoms with Gasteiger partial charge in [0.25, 0.3) is 0 Å². The molecule has 1 heterocycles. The number of hydrogen-bond acceptors (Lipinski definition) is 2. The van der Waals surface area contributed by atoms with Crippen molar-refractivity contribution < 1.29 is 14.7 Å². The predicted molar refractivity (Wildman–Crippen MR) is 76.6 cm³/mol. The largest absolute Gasteiger partial charge is 0.481 e. The average Bonchev–Trinajstić information content (AvgIpc) is 2.48. The van der Waals surface area contributed by atoms with E-state index in [4.69, 9.17) is 0 Å². The Morgan fingerprint density at radius 3 is 2.65 bits per heavy atom. The summed E-state index contributed by atoms with van der Waals surface area (Å²) in [6.45, 7) is 2.75. The summed E-state index contributed by atoms with van der Waals surface area (Å²) in [7, 11) is 0. The van der Waals surface area contributed by atoms with Crippen molar-refractivity contribution in [2.24, 2.45) is 5.41 Å². The predicted octanol–water partition coefficient (Wildman–Crippen LogP) is 2.80. The van der Waals surface area contributed by atoms with Crippen molar-refractivity contribution in [1.29, 1.82) is 0 Å². The number of nitrogens with zero attached hydrogens (tertiary/aromatic N) is 1. The van der Waals surface area contributed by atoms with Crippen molar-refractivity contribution >= 4 is 17.7 Å². The van der Waals surface area contributed by atoms with Gasteiger partial charge in [-0.3, -0.25) is 4.79 Å². The van der Waals surface area contributed by atoms with Crippen LogP contribution in [0.15, 0.2) is 30.3 Å². The van der Waals surface area contributed by atoms with Crippen LogP contribution in [0.25, 0.3) is 0 Å². The zero-order chi connectivity index (χ0) is 14.6. The number of amides is 2. The molecule has 0 spiro atoms. The molecule has 108 valence electrons. The number of carboxylic acids is 1. The Hall–Kier alpha value is -2.04. The maximum Gasteiger partial charge on any atom is 0.321 e. The highest BCUT2D eigenvalue weighted by Crippen LogP contribution is 2.33. The average molecular weight is 276 g/mol. The number of hydrogen-bond donors (Lipinski definition) is 2. The summed E-state index contributed by atoms with van der Waals surface area (Å²) in [6.07, 6.45) is 1.90. The molecule has 2 N–H and O–H groups in total. The normalized spacial score (nSPS) is 22.4. The van der Waals surface area contributed by atoms with E-state index in [1.807, 2.05) is 37.3 Å². The summed E-state index contributed by atoms with van der Waals surface area (Å²) in [5.74, 6) is -0.808. The molecule has 2 rings (SSSR count). The second-order valence-electron chi connectivity index (χ2n) is 5.26. The van der Waals surface area contributed by atoms with Gasteiger partial charge >= 0.3 is 12.0 Å². The molecular formula is C15H20N2O3. The highest BCUT2D eigenvalue weighted by atomic mass is 16.4. The third-order valence-corrected chi connectivity index (χ3v) is 4.02. The fraction of sp³-hybridized carbons (Fsp3) is 0.467. The van der Waals surface area contributed by atoms with Crippen molar-refractivity contribution in [1.82, 2.24) is 4.90 Å². The Kier molecular flexibility index (Phi) is 4.27. The lowest BCUT2D eigenvalue weighted by atomic mass is 9.78. The van der Waals surface area contributed by atoms with Gasteiger partial charge in [0.2, 0.25) is 0 Å². The number of nitrogens with one attached hydrogen (secondary N) is 1. The standard InChI is InChI=1S/C15H20N2O3/c1-2-15(13(18)19)9-6-10-17(11-15)14(20)16-12-7-4-3-5-8-12/h3-5,7-8H,2,6,9-11H2,1H3,(H,16,20)(H,18,19). The van der Waals surface area contributed by atoms with E-state index in [2.05, 4.69) is 5.32 Å². The van der Waals surface area contributed by atoms with E-state index < -0.39 is 11.4 Å². The number of carboxylic acid groups (broad SMARTS) is 1. The summed E-state index contributed by atoms with van der Waals surface area (Å²) in [4.78, 5) is 25.3. The highest BCUT2D eigenvalue weighted by molar-refractivity contribution is 5.90. The monoisotopic (exact) mass is 276 g/mol. The lowest BCUT2D eigenvalue weighted by Crippen LogP contribution is -2.50. The summed E-state index contributed by atoms with van der Waals surface area (Å²) in [5, 5.41) is 12.2.